The predicted octanol–water partition coefficient (Wildman–Crippen LogP) is 2.42. The second-order valence-electron chi connectivity index (χ2n) is 8.38. The van der Waals surface area contributed by atoms with E-state index in [2.05, 4.69) is 40.6 Å². The van der Waals surface area contributed by atoms with E-state index in [1.54, 1.807) is 25.5 Å². The minimum atomic E-state index is -1.64. The zero-order chi connectivity index (χ0) is 22.2. The number of nitrogen functional groups attached to an aromatic ring is 1. The maximum absolute atomic E-state index is 12.2. The van der Waals surface area contributed by atoms with Crippen LogP contribution >= 0.6 is 0 Å². The second-order valence-corrected chi connectivity index (χ2v) is 8.38. The van der Waals surface area contributed by atoms with Gasteiger partial charge < -0.3 is 15.7 Å². The first-order chi connectivity index (χ1) is 14.8. The van der Waals surface area contributed by atoms with E-state index >= 15 is 0 Å². The molecule has 0 saturated carbocycles. The molecule has 158 valence electrons. The molecule has 0 bridgehead atoms. The molecule has 3 heterocycles. The van der Waals surface area contributed by atoms with Crippen molar-refractivity contribution in [2.75, 3.05) is 19.3 Å². The maximum atomic E-state index is 12.2. The van der Waals surface area contributed by atoms with E-state index in [9.17, 15) is 9.90 Å². The van der Waals surface area contributed by atoms with E-state index in [4.69, 9.17) is 5.73 Å². The lowest BCUT2D eigenvalue weighted by Crippen LogP contribution is -2.37. The van der Waals surface area contributed by atoms with Gasteiger partial charge in [-0.1, -0.05) is 31.8 Å². The van der Waals surface area contributed by atoms with Crippen molar-refractivity contribution in [2.45, 2.75) is 32.3 Å². The maximum Gasteiger partial charge on any atom is 0.267 e. The molecule has 31 heavy (non-hydrogen) atoms. The number of benzene rings is 1. The zero-order valence-electron chi connectivity index (χ0n) is 17.9. The van der Waals surface area contributed by atoms with Crippen LogP contribution in [0, 0.1) is 17.8 Å². The highest BCUT2D eigenvalue weighted by atomic mass is 16.3. The monoisotopic (exact) mass is 415 g/mol. The molecular formula is C24H25N5O2. The molecule has 7 heteroatoms. The molecule has 2 aromatic heterocycles. The second kappa shape index (κ2) is 7.97. The first-order valence-electron chi connectivity index (χ1n) is 10.3. The fraction of sp³-hybridized carbons (Fsp3) is 0.333. The van der Waals surface area contributed by atoms with Crippen molar-refractivity contribution in [3.8, 4) is 23.2 Å². The van der Waals surface area contributed by atoms with E-state index < -0.39 is 5.60 Å². The number of carbonyl (C=O) groups is 1. The molecule has 1 saturated heterocycles. The molecule has 0 unspecified atom stereocenters. The third-order valence-corrected chi connectivity index (χ3v) is 5.43. The Hall–Kier alpha value is -3.50. The molecule has 1 amide bonds. The summed E-state index contributed by atoms with van der Waals surface area (Å²) < 4.78 is 0. The summed E-state index contributed by atoms with van der Waals surface area (Å²) in [5, 5.41) is 11.3. The standard InChI is InChI=1S/C24H25N5O2/c1-15(2)12-17-5-4-16(6-8-24(31)9-11-29(3)23(24)30)13-19(17)22-27-20-14-26-10-7-18(20)21(25)28-22/h4-5,7,10,13-15,31H,9,11-12H2,1-3H3,(H2,25,27,28)/t24-/m0/s1. The number of anilines is 1. The Morgan fingerprint density at radius 3 is 2.81 bits per heavy atom. The summed E-state index contributed by atoms with van der Waals surface area (Å²) in [5.74, 6) is 6.71. The minimum Gasteiger partial charge on any atom is -0.383 e. The minimum absolute atomic E-state index is 0.297. The topological polar surface area (TPSA) is 105 Å². The number of likely N-dealkylation sites (tertiary alicyclic amines) is 1. The largest absolute Gasteiger partial charge is 0.383 e. The third-order valence-electron chi connectivity index (χ3n) is 5.43. The molecule has 3 aromatic rings. The Balaban J connectivity index is 1.80. The van der Waals surface area contributed by atoms with Gasteiger partial charge >= 0.3 is 0 Å². The quantitative estimate of drug-likeness (QED) is 0.637. The molecule has 0 aliphatic carbocycles. The Morgan fingerprint density at radius 2 is 2.10 bits per heavy atom. The molecule has 1 fully saturated rings. The average molecular weight is 415 g/mol. The van der Waals surface area contributed by atoms with Crippen LogP contribution in [0.2, 0.25) is 0 Å². The van der Waals surface area contributed by atoms with Crippen molar-refractivity contribution < 1.29 is 9.90 Å². The Labute approximate surface area is 181 Å². The molecule has 4 rings (SSSR count). The highest BCUT2D eigenvalue weighted by Gasteiger charge is 2.42. The van der Waals surface area contributed by atoms with Gasteiger partial charge in [0.05, 0.1) is 11.7 Å². The molecule has 7 nitrogen and oxygen atoms in total. The van der Waals surface area contributed by atoms with E-state index in [1.165, 1.54) is 4.90 Å². The summed E-state index contributed by atoms with van der Waals surface area (Å²) in [6, 6.07) is 7.58. The number of nitrogens with two attached hydrogens (primary N) is 1. The van der Waals surface area contributed by atoms with Crippen LogP contribution in [0.25, 0.3) is 22.3 Å². The van der Waals surface area contributed by atoms with E-state index in [0.717, 1.165) is 22.9 Å². The summed E-state index contributed by atoms with van der Waals surface area (Å²) in [5.41, 5.74) is 7.81. The van der Waals surface area contributed by atoms with Gasteiger partial charge in [0.25, 0.3) is 5.91 Å². The molecule has 3 N–H and O–H groups in total. The van der Waals surface area contributed by atoms with E-state index in [0.29, 0.717) is 41.6 Å². The lowest BCUT2D eigenvalue weighted by molar-refractivity contribution is -0.137. The summed E-state index contributed by atoms with van der Waals surface area (Å²) in [4.78, 5) is 27.0. The van der Waals surface area contributed by atoms with E-state index in [-0.39, 0.29) is 5.91 Å². The van der Waals surface area contributed by atoms with Crippen LogP contribution < -0.4 is 5.73 Å². The smallest absolute Gasteiger partial charge is 0.267 e. The van der Waals surface area contributed by atoms with Gasteiger partial charge in [0.2, 0.25) is 5.60 Å². The number of pyridine rings is 1. The van der Waals surface area contributed by atoms with Crippen LogP contribution in [0.5, 0.6) is 0 Å². The number of aromatic nitrogens is 3. The van der Waals surface area contributed by atoms with Crippen LogP contribution in [-0.4, -0.2) is 50.1 Å². The molecule has 0 spiro atoms. The number of likely N-dealkylation sites (N-methyl/N-ethyl adjacent to an activating group) is 1. The number of amides is 1. The van der Waals surface area contributed by atoms with Gasteiger partial charge in [-0.2, -0.15) is 0 Å². The normalized spacial score (nSPS) is 18.5. The highest BCUT2D eigenvalue weighted by molar-refractivity contribution is 5.91. The number of aliphatic hydroxyl groups is 1. The average Bonchev–Trinajstić information content (AvgIpc) is 3.00. The van der Waals surface area contributed by atoms with Crippen molar-refractivity contribution in [1.29, 1.82) is 0 Å². The molecule has 1 aromatic carbocycles. The summed E-state index contributed by atoms with van der Waals surface area (Å²) in [7, 11) is 1.66. The van der Waals surface area contributed by atoms with Crippen molar-refractivity contribution >= 4 is 22.6 Å². The van der Waals surface area contributed by atoms with Gasteiger partial charge in [0, 0.05) is 42.7 Å². The number of nitrogens with zero attached hydrogens (tertiary/aromatic N) is 4. The number of fused-ring (bicyclic) bond motifs is 1. The first-order valence-corrected chi connectivity index (χ1v) is 10.3. The third kappa shape index (κ3) is 4.07. The summed E-state index contributed by atoms with van der Waals surface area (Å²) >= 11 is 0. The van der Waals surface area contributed by atoms with Crippen LogP contribution in [-0.2, 0) is 11.2 Å². The lowest BCUT2D eigenvalue weighted by atomic mass is 9.95. The van der Waals surface area contributed by atoms with E-state index in [1.807, 2.05) is 18.2 Å². The molecule has 0 radical (unpaired) electrons. The Kier molecular flexibility index (Phi) is 5.34. The fourth-order valence-corrected chi connectivity index (χ4v) is 3.75. The van der Waals surface area contributed by atoms with Gasteiger partial charge in [0.1, 0.15) is 5.82 Å². The van der Waals surface area contributed by atoms with Crippen LogP contribution in [0.1, 0.15) is 31.4 Å². The lowest BCUT2D eigenvalue weighted by Gasteiger charge is -2.14. The number of carbonyl (C=O) groups excluding carboxylic acids is 1. The van der Waals surface area contributed by atoms with Crippen LogP contribution in [0.15, 0.2) is 36.7 Å². The molecule has 1 atom stereocenters. The predicted molar refractivity (Wildman–Crippen MR) is 120 cm³/mol. The zero-order valence-corrected chi connectivity index (χ0v) is 17.9. The Morgan fingerprint density at radius 1 is 1.29 bits per heavy atom. The highest BCUT2D eigenvalue weighted by Crippen LogP contribution is 2.28. The van der Waals surface area contributed by atoms with Gasteiger partial charge in [-0.15, -0.1) is 0 Å². The van der Waals surface area contributed by atoms with Crippen molar-refractivity contribution in [1.82, 2.24) is 19.9 Å². The summed E-state index contributed by atoms with van der Waals surface area (Å²) in [6.45, 7) is 4.78. The molecular weight excluding hydrogens is 390 g/mol. The van der Waals surface area contributed by atoms with Crippen molar-refractivity contribution in [2.24, 2.45) is 5.92 Å². The fourth-order valence-electron chi connectivity index (χ4n) is 3.75. The van der Waals surface area contributed by atoms with Gasteiger partial charge in [-0.05, 0) is 36.1 Å². The number of hydrogen-bond acceptors (Lipinski definition) is 6. The SMILES string of the molecule is CC(C)Cc1ccc(C#C[C@]2(O)CCN(C)C2=O)cc1-c1nc(N)c2ccncc2n1. The summed E-state index contributed by atoms with van der Waals surface area (Å²) in [6.07, 6.45) is 4.46. The van der Waals surface area contributed by atoms with Gasteiger partial charge in [-0.25, -0.2) is 9.97 Å². The van der Waals surface area contributed by atoms with Crippen LogP contribution in [0.4, 0.5) is 5.82 Å². The van der Waals surface area contributed by atoms with Crippen molar-refractivity contribution in [3.05, 3.63) is 47.8 Å². The number of hydrogen-bond donors (Lipinski definition) is 2. The number of rotatable bonds is 3. The Bertz CT molecular complexity index is 1230. The molecule has 1 aliphatic rings. The first kappa shape index (κ1) is 20.8. The van der Waals surface area contributed by atoms with Crippen molar-refractivity contribution in [3.63, 3.8) is 0 Å². The van der Waals surface area contributed by atoms with Gasteiger partial charge in [0.15, 0.2) is 5.82 Å². The molecule has 1 aliphatic heterocycles. The van der Waals surface area contributed by atoms with Crippen LogP contribution in [0.3, 0.4) is 0 Å². The van der Waals surface area contributed by atoms with Gasteiger partial charge in [-0.3, -0.25) is 9.78 Å².